The Hall–Kier alpha value is -2.89. The molecule has 1 aliphatic heterocycles. The third-order valence-corrected chi connectivity index (χ3v) is 3.96. The lowest BCUT2D eigenvalue weighted by molar-refractivity contribution is -0.120. The summed E-state index contributed by atoms with van der Waals surface area (Å²) >= 11 is 0. The maximum absolute atomic E-state index is 13.2. The molecule has 1 atom stereocenters. The second-order valence-electron chi connectivity index (χ2n) is 5.52. The van der Waals surface area contributed by atoms with Crippen LogP contribution in [0.2, 0.25) is 0 Å². The maximum atomic E-state index is 13.2. The molecule has 1 fully saturated rings. The number of hydrogen-bond donors (Lipinski definition) is 1. The topological polar surface area (TPSA) is 58.6 Å². The van der Waals surface area contributed by atoms with Gasteiger partial charge in [-0.15, -0.1) is 0 Å². The molecule has 1 saturated heterocycles. The van der Waals surface area contributed by atoms with Crippen LogP contribution in [0.15, 0.2) is 48.5 Å². The average molecular weight is 328 g/mol. The molecule has 3 rings (SSSR count). The molecule has 1 aliphatic rings. The van der Waals surface area contributed by atoms with Gasteiger partial charge in [0.1, 0.15) is 17.6 Å². The summed E-state index contributed by atoms with van der Waals surface area (Å²) in [5.74, 6) is -0.199. The second-order valence-corrected chi connectivity index (χ2v) is 5.52. The quantitative estimate of drug-likeness (QED) is 0.939. The van der Waals surface area contributed by atoms with E-state index < -0.39 is 11.9 Å². The molecule has 1 heterocycles. The van der Waals surface area contributed by atoms with Crippen molar-refractivity contribution < 1.29 is 18.7 Å². The lowest BCUT2D eigenvalue weighted by Gasteiger charge is -2.24. The molecule has 2 amide bonds. The number of methoxy groups -OCH3 is 1. The average Bonchev–Trinajstić information content (AvgIpc) is 2.97. The van der Waals surface area contributed by atoms with Crippen molar-refractivity contribution >= 4 is 23.2 Å². The number of benzene rings is 2. The van der Waals surface area contributed by atoms with E-state index in [0.29, 0.717) is 30.0 Å². The number of anilines is 2. The Labute approximate surface area is 139 Å². The van der Waals surface area contributed by atoms with E-state index in [0.717, 1.165) is 0 Å². The van der Waals surface area contributed by atoms with Crippen LogP contribution in [0, 0.1) is 5.82 Å². The summed E-state index contributed by atoms with van der Waals surface area (Å²) in [4.78, 5) is 26.2. The number of halogens is 1. The van der Waals surface area contributed by atoms with E-state index in [9.17, 15) is 14.0 Å². The normalized spacial score (nSPS) is 17.0. The van der Waals surface area contributed by atoms with E-state index >= 15 is 0 Å². The van der Waals surface area contributed by atoms with Gasteiger partial charge in [0, 0.05) is 17.8 Å². The van der Waals surface area contributed by atoms with Crippen molar-refractivity contribution in [1.29, 1.82) is 0 Å². The van der Waals surface area contributed by atoms with Gasteiger partial charge in [0.25, 0.3) is 0 Å². The molecule has 2 aromatic carbocycles. The molecule has 0 bridgehead atoms. The molecule has 124 valence electrons. The number of ether oxygens (including phenoxy) is 1. The van der Waals surface area contributed by atoms with Gasteiger partial charge in [-0.3, -0.25) is 14.5 Å². The largest absolute Gasteiger partial charge is 0.497 e. The van der Waals surface area contributed by atoms with Crippen molar-refractivity contribution in [2.24, 2.45) is 0 Å². The predicted octanol–water partition coefficient (Wildman–Crippen LogP) is 2.97. The minimum absolute atomic E-state index is 0.112. The molecule has 0 spiro atoms. The fraction of sp³-hybridized carbons (Fsp3) is 0.222. The van der Waals surface area contributed by atoms with Crippen molar-refractivity contribution in [2.75, 3.05) is 17.3 Å². The molecule has 6 heteroatoms. The van der Waals surface area contributed by atoms with Crippen LogP contribution in [0.3, 0.4) is 0 Å². The zero-order chi connectivity index (χ0) is 17.1. The Balaban J connectivity index is 1.80. The number of amides is 2. The van der Waals surface area contributed by atoms with Crippen LogP contribution in [0.5, 0.6) is 5.75 Å². The highest BCUT2D eigenvalue weighted by Gasteiger charge is 2.37. The Bertz CT molecular complexity index is 761. The molecular formula is C18H17FN2O3. The van der Waals surface area contributed by atoms with Crippen LogP contribution in [-0.4, -0.2) is 25.0 Å². The summed E-state index contributed by atoms with van der Waals surface area (Å²) < 4.78 is 18.3. The first-order chi connectivity index (χ1) is 11.6. The Kier molecular flexibility index (Phi) is 4.46. The molecule has 0 radical (unpaired) electrons. The molecule has 1 unspecified atom stereocenters. The summed E-state index contributed by atoms with van der Waals surface area (Å²) in [6.45, 7) is 0. The zero-order valence-electron chi connectivity index (χ0n) is 13.2. The van der Waals surface area contributed by atoms with E-state index in [1.54, 1.807) is 37.4 Å². The first kappa shape index (κ1) is 16.0. The molecule has 0 aliphatic carbocycles. The lowest BCUT2D eigenvalue weighted by atomic mass is 10.2. The van der Waals surface area contributed by atoms with Gasteiger partial charge in [0.2, 0.25) is 11.8 Å². The number of hydrogen-bond acceptors (Lipinski definition) is 3. The Morgan fingerprint density at radius 3 is 2.67 bits per heavy atom. The number of nitrogens with zero attached hydrogens (tertiary/aromatic N) is 1. The fourth-order valence-electron chi connectivity index (χ4n) is 2.79. The highest BCUT2D eigenvalue weighted by Crippen LogP contribution is 2.29. The van der Waals surface area contributed by atoms with Gasteiger partial charge in [0.15, 0.2) is 0 Å². The predicted molar refractivity (Wildman–Crippen MR) is 88.5 cm³/mol. The highest BCUT2D eigenvalue weighted by molar-refractivity contribution is 6.07. The van der Waals surface area contributed by atoms with Gasteiger partial charge in [-0.25, -0.2) is 4.39 Å². The standard InChI is InChI=1S/C18H17FN2O3/c1-24-15-7-5-14(6-8-15)21-16(9-10-17(21)22)18(23)20-13-4-2-3-12(19)11-13/h2-8,11,16H,9-10H2,1H3,(H,20,23). The summed E-state index contributed by atoms with van der Waals surface area (Å²) in [6, 6.07) is 12.0. The molecule has 24 heavy (non-hydrogen) atoms. The van der Waals surface area contributed by atoms with Gasteiger partial charge < -0.3 is 10.1 Å². The van der Waals surface area contributed by atoms with E-state index in [1.807, 2.05) is 0 Å². The Morgan fingerprint density at radius 2 is 2.00 bits per heavy atom. The summed E-state index contributed by atoms with van der Waals surface area (Å²) in [5.41, 5.74) is 1.01. The molecule has 0 aromatic heterocycles. The van der Waals surface area contributed by atoms with E-state index in [2.05, 4.69) is 5.32 Å². The van der Waals surface area contributed by atoms with Gasteiger partial charge in [0.05, 0.1) is 7.11 Å². The molecule has 0 saturated carbocycles. The fourth-order valence-corrected chi connectivity index (χ4v) is 2.79. The van der Waals surface area contributed by atoms with Crippen molar-refractivity contribution in [1.82, 2.24) is 0 Å². The van der Waals surface area contributed by atoms with Crippen molar-refractivity contribution in [3.63, 3.8) is 0 Å². The maximum Gasteiger partial charge on any atom is 0.247 e. The first-order valence-electron chi connectivity index (χ1n) is 7.61. The first-order valence-corrected chi connectivity index (χ1v) is 7.61. The second kappa shape index (κ2) is 6.70. The van der Waals surface area contributed by atoms with Crippen LogP contribution in [0.25, 0.3) is 0 Å². The summed E-state index contributed by atoms with van der Waals surface area (Å²) in [5, 5.41) is 2.67. The van der Waals surface area contributed by atoms with Gasteiger partial charge >= 0.3 is 0 Å². The van der Waals surface area contributed by atoms with Crippen LogP contribution in [-0.2, 0) is 9.59 Å². The minimum atomic E-state index is -0.617. The van der Waals surface area contributed by atoms with Crippen molar-refractivity contribution in [3.05, 3.63) is 54.3 Å². The van der Waals surface area contributed by atoms with Gasteiger partial charge in [-0.2, -0.15) is 0 Å². The SMILES string of the molecule is COc1ccc(N2C(=O)CCC2C(=O)Nc2cccc(F)c2)cc1. The summed E-state index contributed by atoms with van der Waals surface area (Å²) in [6.07, 6.45) is 0.722. The smallest absolute Gasteiger partial charge is 0.247 e. The molecule has 5 nitrogen and oxygen atoms in total. The van der Waals surface area contributed by atoms with Crippen LogP contribution >= 0.6 is 0 Å². The van der Waals surface area contributed by atoms with E-state index in [1.165, 1.54) is 23.1 Å². The van der Waals surface area contributed by atoms with Gasteiger partial charge in [-0.05, 0) is 48.9 Å². The zero-order valence-corrected chi connectivity index (χ0v) is 13.2. The van der Waals surface area contributed by atoms with Gasteiger partial charge in [-0.1, -0.05) is 6.07 Å². The van der Waals surface area contributed by atoms with E-state index in [-0.39, 0.29) is 11.8 Å². The van der Waals surface area contributed by atoms with Crippen LogP contribution < -0.4 is 15.0 Å². The monoisotopic (exact) mass is 328 g/mol. The highest BCUT2D eigenvalue weighted by atomic mass is 19.1. The number of carbonyl (C=O) groups excluding carboxylic acids is 2. The molecular weight excluding hydrogens is 311 g/mol. The minimum Gasteiger partial charge on any atom is -0.497 e. The van der Waals surface area contributed by atoms with Crippen molar-refractivity contribution in [3.8, 4) is 5.75 Å². The van der Waals surface area contributed by atoms with Crippen LogP contribution in [0.1, 0.15) is 12.8 Å². The Morgan fingerprint density at radius 1 is 1.25 bits per heavy atom. The number of rotatable bonds is 4. The van der Waals surface area contributed by atoms with Crippen LogP contribution in [0.4, 0.5) is 15.8 Å². The lowest BCUT2D eigenvalue weighted by Crippen LogP contribution is -2.41. The third kappa shape index (κ3) is 3.22. The van der Waals surface area contributed by atoms with Crippen molar-refractivity contribution in [2.45, 2.75) is 18.9 Å². The number of carbonyl (C=O) groups is 2. The molecule has 2 aromatic rings. The number of nitrogens with one attached hydrogen (secondary N) is 1. The molecule has 1 N–H and O–H groups in total. The third-order valence-electron chi connectivity index (χ3n) is 3.96. The van der Waals surface area contributed by atoms with E-state index in [4.69, 9.17) is 4.74 Å². The summed E-state index contributed by atoms with van der Waals surface area (Å²) in [7, 11) is 1.56.